The quantitative estimate of drug-likeness (QED) is 0.925. The number of likely N-dealkylation sites (tertiary alicyclic amines) is 1. The summed E-state index contributed by atoms with van der Waals surface area (Å²) < 4.78 is 13.7. The predicted molar refractivity (Wildman–Crippen MR) is 87.0 cm³/mol. The summed E-state index contributed by atoms with van der Waals surface area (Å²) in [7, 11) is 0. The average molecular weight is 334 g/mol. The highest BCUT2D eigenvalue weighted by atomic mass is 35.5. The second-order valence-corrected chi connectivity index (χ2v) is 6.31. The van der Waals surface area contributed by atoms with E-state index in [0.717, 1.165) is 5.56 Å². The van der Waals surface area contributed by atoms with Gasteiger partial charge in [-0.25, -0.2) is 4.39 Å². The topological polar surface area (TPSA) is 40.5 Å². The van der Waals surface area contributed by atoms with E-state index >= 15 is 0 Å². The van der Waals surface area contributed by atoms with Gasteiger partial charge in [0.2, 0.25) is 0 Å². The maximum atomic E-state index is 13.7. The van der Waals surface area contributed by atoms with Gasteiger partial charge in [0.1, 0.15) is 5.82 Å². The summed E-state index contributed by atoms with van der Waals surface area (Å²) in [6.07, 6.45) is 0. The predicted octanol–water partition coefficient (Wildman–Crippen LogP) is 3.78. The molecule has 0 bridgehead atoms. The van der Waals surface area contributed by atoms with E-state index in [9.17, 15) is 14.3 Å². The molecule has 0 spiro atoms. The van der Waals surface area contributed by atoms with Crippen LogP contribution < -0.4 is 0 Å². The van der Waals surface area contributed by atoms with Crippen LogP contribution in [-0.4, -0.2) is 29.1 Å². The molecule has 1 fully saturated rings. The van der Waals surface area contributed by atoms with Crippen LogP contribution in [0.15, 0.2) is 48.5 Å². The fourth-order valence-corrected chi connectivity index (χ4v) is 3.30. The van der Waals surface area contributed by atoms with Gasteiger partial charge in [0.15, 0.2) is 0 Å². The van der Waals surface area contributed by atoms with Crippen LogP contribution in [0, 0.1) is 11.7 Å². The first-order chi connectivity index (χ1) is 11.0. The van der Waals surface area contributed by atoms with Crippen molar-refractivity contribution in [1.29, 1.82) is 0 Å². The number of nitrogens with zero attached hydrogens (tertiary/aromatic N) is 1. The van der Waals surface area contributed by atoms with Gasteiger partial charge in [0, 0.05) is 25.6 Å². The molecular formula is C18H17ClFNO2. The Morgan fingerprint density at radius 1 is 1.22 bits per heavy atom. The molecule has 0 amide bonds. The molecule has 1 aliphatic rings. The van der Waals surface area contributed by atoms with Gasteiger partial charge in [-0.15, -0.1) is 0 Å². The third-order valence-corrected chi connectivity index (χ3v) is 4.64. The third-order valence-electron chi connectivity index (χ3n) is 4.33. The molecule has 1 aliphatic heterocycles. The van der Waals surface area contributed by atoms with Crippen LogP contribution in [-0.2, 0) is 11.3 Å². The lowest BCUT2D eigenvalue weighted by Crippen LogP contribution is -2.23. The van der Waals surface area contributed by atoms with Gasteiger partial charge >= 0.3 is 5.97 Å². The zero-order valence-electron chi connectivity index (χ0n) is 12.5. The van der Waals surface area contributed by atoms with E-state index in [1.807, 2.05) is 30.3 Å². The number of benzene rings is 2. The number of rotatable bonds is 4. The molecule has 2 aromatic rings. The van der Waals surface area contributed by atoms with Crippen LogP contribution in [0.4, 0.5) is 4.39 Å². The number of halogens is 2. The lowest BCUT2D eigenvalue weighted by atomic mass is 9.89. The Morgan fingerprint density at radius 2 is 1.96 bits per heavy atom. The molecule has 3 nitrogen and oxygen atoms in total. The van der Waals surface area contributed by atoms with E-state index in [1.165, 1.54) is 12.1 Å². The monoisotopic (exact) mass is 333 g/mol. The number of aliphatic carboxylic acids is 1. The Morgan fingerprint density at radius 3 is 2.61 bits per heavy atom. The van der Waals surface area contributed by atoms with Crippen molar-refractivity contribution in [1.82, 2.24) is 4.90 Å². The van der Waals surface area contributed by atoms with Crippen LogP contribution >= 0.6 is 11.6 Å². The molecule has 3 rings (SSSR count). The molecule has 2 aromatic carbocycles. The zero-order chi connectivity index (χ0) is 16.4. The summed E-state index contributed by atoms with van der Waals surface area (Å²) in [5.74, 6) is -2.13. The van der Waals surface area contributed by atoms with Gasteiger partial charge in [-0.1, -0.05) is 48.0 Å². The second-order valence-electron chi connectivity index (χ2n) is 5.90. The first kappa shape index (κ1) is 16.0. The highest BCUT2D eigenvalue weighted by Crippen LogP contribution is 2.35. The number of hydrogen-bond acceptors (Lipinski definition) is 2. The highest BCUT2D eigenvalue weighted by Gasteiger charge is 2.38. The van der Waals surface area contributed by atoms with E-state index < -0.39 is 17.7 Å². The number of carbonyl (C=O) groups is 1. The van der Waals surface area contributed by atoms with Crippen LogP contribution in [0.2, 0.25) is 5.02 Å². The maximum Gasteiger partial charge on any atom is 0.308 e. The van der Waals surface area contributed by atoms with E-state index in [4.69, 9.17) is 11.6 Å². The molecule has 2 atom stereocenters. The molecule has 1 saturated heterocycles. The smallest absolute Gasteiger partial charge is 0.308 e. The Hall–Kier alpha value is -1.91. The van der Waals surface area contributed by atoms with Gasteiger partial charge in [-0.05, 0) is 23.3 Å². The molecule has 23 heavy (non-hydrogen) atoms. The number of hydrogen-bond donors (Lipinski definition) is 1. The molecule has 120 valence electrons. The Kier molecular flexibility index (Phi) is 4.64. The minimum absolute atomic E-state index is 0.0553. The van der Waals surface area contributed by atoms with E-state index in [-0.39, 0.29) is 10.9 Å². The summed E-state index contributed by atoms with van der Waals surface area (Å²) in [5.41, 5.74) is 1.83. The van der Waals surface area contributed by atoms with Crippen LogP contribution in [0.5, 0.6) is 0 Å². The van der Waals surface area contributed by atoms with Crippen molar-refractivity contribution >= 4 is 17.6 Å². The standard InChI is InChI=1S/C18H17ClFNO2/c19-16-7-6-13(8-17(16)20)14-10-21(11-15(14)18(22)23)9-12-4-2-1-3-5-12/h1-8,14-15H,9-11H2,(H,22,23)/t14-,15-/m0/s1. The first-order valence-electron chi connectivity index (χ1n) is 7.48. The van der Waals surface area contributed by atoms with Gasteiger partial charge in [-0.2, -0.15) is 0 Å². The highest BCUT2D eigenvalue weighted by molar-refractivity contribution is 6.30. The first-order valence-corrected chi connectivity index (χ1v) is 7.86. The van der Waals surface area contributed by atoms with Crippen molar-refractivity contribution in [3.8, 4) is 0 Å². The Bertz CT molecular complexity index is 707. The molecule has 5 heteroatoms. The molecule has 0 aromatic heterocycles. The lowest BCUT2D eigenvalue weighted by Gasteiger charge is -2.16. The van der Waals surface area contributed by atoms with Crippen molar-refractivity contribution < 1.29 is 14.3 Å². The van der Waals surface area contributed by atoms with Crippen LogP contribution in [0.25, 0.3) is 0 Å². The van der Waals surface area contributed by atoms with Crippen LogP contribution in [0.3, 0.4) is 0 Å². The van der Waals surface area contributed by atoms with Crippen molar-refractivity contribution in [2.75, 3.05) is 13.1 Å². The fourth-order valence-electron chi connectivity index (χ4n) is 3.19. The van der Waals surface area contributed by atoms with Crippen LogP contribution in [0.1, 0.15) is 17.0 Å². The molecule has 0 unspecified atom stereocenters. The molecule has 0 saturated carbocycles. The summed E-state index contributed by atoms with van der Waals surface area (Å²) in [6.45, 7) is 1.74. The second kappa shape index (κ2) is 6.69. The summed E-state index contributed by atoms with van der Waals surface area (Å²) >= 11 is 5.72. The Balaban J connectivity index is 1.81. The van der Waals surface area contributed by atoms with Crippen molar-refractivity contribution in [3.63, 3.8) is 0 Å². The molecule has 1 heterocycles. The fraction of sp³-hybridized carbons (Fsp3) is 0.278. The van der Waals surface area contributed by atoms with Crippen molar-refractivity contribution in [2.45, 2.75) is 12.5 Å². The summed E-state index contributed by atoms with van der Waals surface area (Å²) in [6, 6.07) is 14.5. The molecule has 0 aliphatic carbocycles. The largest absolute Gasteiger partial charge is 0.481 e. The van der Waals surface area contributed by atoms with Gasteiger partial charge < -0.3 is 5.11 Å². The average Bonchev–Trinajstić information content (AvgIpc) is 2.95. The molecule has 1 N–H and O–H groups in total. The summed E-state index contributed by atoms with van der Waals surface area (Å²) in [4.78, 5) is 13.7. The summed E-state index contributed by atoms with van der Waals surface area (Å²) in [5, 5.41) is 9.56. The van der Waals surface area contributed by atoms with Crippen molar-refractivity contribution in [3.05, 3.63) is 70.5 Å². The SMILES string of the molecule is O=C(O)[C@H]1CN(Cc2ccccc2)C[C@H]1c1ccc(Cl)c(F)c1. The number of carboxylic acids is 1. The van der Waals surface area contributed by atoms with E-state index in [2.05, 4.69) is 4.90 Å². The maximum absolute atomic E-state index is 13.7. The van der Waals surface area contributed by atoms with E-state index in [0.29, 0.717) is 25.2 Å². The van der Waals surface area contributed by atoms with Gasteiger partial charge in [0.25, 0.3) is 0 Å². The zero-order valence-corrected chi connectivity index (χ0v) is 13.2. The molecular weight excluding hydrogens is 317 g/mol. The normalized spacial score (nSPS) is 21.5. The number of carboxylic acid groups (broad SMARTS) is 1. The minimum Gasteiger partial charge on any atom is -0.481 e. The van der Waals surface area contributed by atoms with Crippen molar-refractivity contribution in [2.24, 2.45) is 5.92 Å². The molecule has 0 radical (unpaired) electrons. The van der Waals surface area contributed by atoms with E-state index in [1.54, 1.807) is 6.07 Å². The lowest BCUT2D eigenvalue weighted by molar-refractivity contribution is -0.141. The Labute approximate surface area is 139 Å². The van der Waals surface area contributed by atoms with Gasteiger partial charge in [-0.3, -0.25) is 9.69 Å². The van der Waals surface area contributed by atoms with Gasteiger partial charge in [0.05, 0.1) is 10.9 Å². The minimum atomic E-state index is -0.846. The third kappa shape index (κ3) is 3.54.